The van der Waals surface area contributed by atoms with Crippen LogP contribution in [0.15, 0.2) is 79.0 Å². The average molecular weight is 903 g/mol. The van der Waals surface area contributed by atoms with Crippen LogP contribution in [0.2, 0.25) is 0 Å². The van der Waals surface area contributed by atoms with Crippen molar-refractivity contribution < 1.29 is 26.2 Å². The molecule has 4 aromatic carbocycles. The summed E-state index contributed by atoms with van der Waals surface area (Å²) in [7, 11) is 0. The Kier molecular flexibility index (Phi) is 11.4. The van der Waals surface area contributed by atoms with Gasteiger partial charge in [-0.1, -0.05) is 144 Å². The van der Waals surface area contributed by atoms with Crippen LogP contribution in [0.25, 0.3) is 54.3 Å². The van der Waals surface area contributed by atoms with Crippen molar-refractivity contribution in [2.24, 2.45) is 0 Å². The molecule has 0 aliphatic rings. The van der Waals surface area contributed by atoms with Gasteiger partial charge in [-0.2, -0.15) is 0 Å². The second-order valence-electron chi connectivity index (χ2n) is 18.1. The molecule has 0 saturated heterocycles. The molecular weight excluding hydrogens is 848 g/mol. The Morgan fingerprint density at radius 1 is 0.642 bits per heavy atom. The van der Waals surface area contributed by atoms with Crippen molar-refractivity contribution in [3.05, 3.63) is 113 Å². The molecule has 0 atom stereocenters. The maximum absolute atomic E-state index is 10.8. The number of phenols is 1. The molecule has 0 aliphatic heterocycles. The third kappa shape index (κ3) is 8.40. The Labute approximate surface area is 336 Å². The summed E-state index contributed by atoms with van der Waals surface area (Å²) in [5.74, 6) is 1.11. The van der Waals surface area contributed by atoms with Crippen LogP contribution in [0.1, 0.15) is 130 Å². The van der Waals surface area contributed by atoms with Crippen molar-refractivity contribution in [3.63, 3.8) is 0 Å². The van der Waals surface area contributed by atoms with Gasteiger partial charge in [-0.25, -0.2) is 4.98 Å². The smallest absolute Gasteiger partial charge is 0.127 e. The van der Waals surface area contributed by atoms with Gasteiger partial charge < -0.3 is 5.11 Å². The van der Waals surface area contributed by atoms with E-state index in [1.54, 1.807) is 17.4 Å². The predicted molar refractivity (Wildman–Crippen MR) is 224 cm³/mol. The molecule has 0 aliphatic carbocycles. The first-order valence-corrected chi connectivity index (χ1v) is 19.5. The molecule has 1 N–H and O–H groups in total. The minimum atomic E-state index is -0.176. The number of phenolic OH excluding ortho intramolecular Hbond substituents is 1. The van der Waals surface area contributed by atoms with E-state index in [2.05, 4.69) is 145 Å². The van der Waals surface area contributed by atoms with E-state index in [4.69, 9.17) is 9.97 Å². The number of hydrogen-bond acceptors (Lipinski definition) is 4. The number of hydrogen-bond donors (Lipinski definition) is 1. The van der Waals surface area contributed by atoms with E-state index in [9.17, 15) is 5.11 Å². The van der Waals surface area contributed by atoms with Crippen LogP contribution in [-0.2, 0) is 37.3 Å². The minimum Gasteiger partial charge on any atom is -0.507 e. The van der Waals surface area contributed by atoms with Gasteiger partial charge in [0, 0.05) is 37.7 Å². The number of benzene rings is 4. The summed E-state index contributed by atoms with van der Waals surface area (Å²) in [6.07, 6.45) is 1.96. The summed E-state index contributed by atoms with van der Waals surface area (Å²) in [6, 6.07) is 30.0. The molecule has 280 valence electrons. The van der Waals surface area contributed by atoms with Crippen LogP contribution >= 0.6 is 11.3 Å². The Bertz CT molecular complexity index is 2250. The van der Waals surface area contributed by atoms with E-state index in [0.29, 0.717) is 11.8 Å². The number of para-hydroxylation sites is 1. The molecule has 0 spiro atoms. The number of nitrogens with zero attached hydrogens (tertiary/aromatic N) is 2. The molecule has 5 heteroatoms. The molecule has 0 radical (unpaired) electrons. The molecule has 3 nitrogen and oxygen atoms in total. The molecule has 2 heterocycles. The van der Waals surface area contributed by atoms with Crippen LogP contribution in [0, 0.1) is 6.07 Å². The van der Waals surface area contributed by atoms with Crippen molar-refractivity contribution in [2.45, 2.75) is 118 Å². The zero-order chi connectivity index (χ0) is 37.9. The number of thiazole rings is 1. The molecule has 2 aromatic heterocycles. The zero-order valence-electron chi connectivity index (χ0n) is 33.7. The fourth-order valence-corrected chi connectivity index (χ4v) is 7.89. The summed E-state index contributed by atoms with van der Waals surface area (Å²) < 4.78 is 1.10. The molecular formula is C48H55N2OPtS-. The van der Waals surface area contributed by atoms with E-state index >= 15 is 0 Å². The standard InChI is InChI=1S/C48H55N2OS.Pt/c1-28(2)31-20-32(29(3)4)22-33(21-31)30-18-19-49-41(23-30)38-26-36(39(47(8,9)10)27-40(38)48(11,12)13)37-24-34(46(5,6)7)25-43-44(37)50-45(52-43)35-16-14-15-17-42(35)51;/h14-25,27-29,51H,1-13H3;/q-1;. The first kappa shape index (κ1) is 40.6. The topological polar surface area (TPSA) is 46.0 Å². The van der Waals surface area contributed by atoms with Gasteiger partial charge in [0.1, 0.15) is 10.8 Å². The molecule has 0 fully saturated rings. The van der Waals surface area contributed by atoms with Gasteiger partial charge in [0.25, 0.3) is 0 Å². The van der Waals surface area contributed by atoms with Gasteiger partial charge in [-0.15, -0.1) is 40.2 Å². The Morgan fingerprint density at radius 2 is 1.25 bits per heavy atom. The largest absolute Gasteiger partial charge is 0.507 e. The molecule has 0 bridgehead atoms. The summed E-state index contributed by atoms with van der Waals surface area (Å²) in [4.78, 5) is 10.3. The molecule has 53 heavy (non-hydrogen) atoms. The minimum absolute atomic E-state index is 0. The van der Waals surface area contributed by atoms with Crippen LogP contribution < -0.4 is 0 Å². The number of aromatic hydroxyl groups is 1. The van der Waals surface area contributed by atoms with Crippen LogP contribution in [0.4, 0.5) is 0 Å². The van der Waals surface area contributed by atoms with Gasteiger partial charge >= 0.3 is 0 Å². The van der Waals surface area contributed by atoms with Crippen LogP contribution in [0.5, 0.6) is 5.75 Å². The van der Waals surface area contributed by atoms with Gasteiger partial charge in [0.15, 0.2) is 0 Å². The normalized spacial score (nSPS) is 12.5. The summed E-state index contributed by atoms with van der Waals surface area (Å²) in [5.41, 5.74) is 14.1. The van der Waals surface area contributed by atoms with E-state index < -0.39 is 0 Å². The fourth-order valence-electron chi connectivity index (χ4n) is 6.83. The predicted octanol–water partition coefficient (Wildman–Crippen LogP) is 14.0. The molecule has 6 rings (SSSR count). The van der Waals surface area contributed by atoms with Gasteiger partial charge in [0.2, 0.25) is 0 Å². The SMILES string of the molecule is CC(C)c1cc(-c2ccnc(-c3[c-]c(-c4cc(C(C)(C)C)cc5sc(-c6ccccc6O)nc45)c(C(C)(C)C)cc3C(C)(C)C)c2)cc(C(C)C)c1.[Pt]. The quantitative estimate of drug-likeness (QED) is 0.169. The van der Waals surface area contributed by atoms with Crippen molar-refractivity contribution >= 4 is 21.6 Å². The number of aromatic nitrogens is 2. The number of rotatable bonds is 6. The average Bonchev–Trinajstić information content (AvgIpc) is 3.50. The second kappa shape index (κ2) is 14.9. The summed E-state index contributed by atoms with van der Waals surface area (Å²) in [6.45, 7) is 29.6. The van der Waals surface area contributed by atoms with E-state index in [1.165, 1.54) is 33.4 Å². The first-order chi connectivity index (χ1) is 24.2. The van der Waals surface area contributed by atoms with E-state index in [-0.39, 0.29) is 43.1 Å². The summed E-state index contributed by atoms with van der Waals surface area (Å²) in [5, 5.41) is 11.6. The zero-order valence-corrected chi connectivity index (χ0v) is 36.8. The third-order valence-corrected chi connectivity index (χ3v) is 11.2. The Balaban J connectivity index is 0.00000541. The third-order valence-electron chi connectivity index (χ3n) is 10.1. The molecule has 6 aromatic rings. The van der Waals surface area contributed by atoms with E-state index in [0.717, 1.165) is 48.7 Å². The van der Waals surface area contributed by atoms with Crippen molar-refractivity contribution in [2.75, 3.05) is 0 Å². The van der Waals surface area contributed by atoms with Crippen molar-refractivity contribution in [3.8, 4) is 49.8 Å². The number of pyridine rings is 1. The number of fused-ring (bicyclic) bond motifs is 1. The van der Waals surface area contributed by atoms with Crippen molar-refractivity contribution in [1.82, 2.24) is 9.97 Å². The monoisotopic (exact) mass is 902 g/mol. The first-order valence-electron chi connectivity index (χ1n) is 18.7. The second-order valence-corrected chi connectivity index (χ2v) is 19.2. The van der Waals surface area contributed by atoms with Gasteiger partial charge in [-0.05, 0) is 80.2 Å². The van der Waals surface area contributed by atoms with Crippen LogP contribution in [-0.4, -0.2) is 15.1 Å². The maximum atomic E-state index is 10.8. The Morgan fingerprint density at radius 3 is 1.81 bits per heavy atom. The fraction of sp³-hybridized carbons (Fsp3) is 0.375. The summed E-state index contributed by atoms with van der Waals surface area (Å²) >= 11 is 1.63. The van der Waals surface area contributed by atoms with Crippen LogP contribution in [0.3, 0.4) is 0 Å². The molecule has 0 amide bonds. The molecule has 0 unspecified atom stereocenters. The van der Waals surface area contributed by atoms with Gasteiger partial charge in [-0.3, -0.25) is 4.98 Å². The van der Waals surface area contributed by atoms with E-state index in [1.807, 2.05) is 24.4 Å². The molecule has 0 saturated carbocycles. The Hall–Kier alpha value is -3.59. The van der Waals surface area contributed by atoms with Gasteiger partial charge in [0.05, 0.1) is 11.1 Å². The van der Waals surface area contributed by atoms with Crippen molar-refractivity contribution in [1.29, 1.82) is 0 Å². The maximum Gasteiger partial charge on any atom is 0.127 e.